The van der Waals surface area contributed by atoms with Crippen molar-refractivity contribution in [3.8, 4) is 0 Å². The standard InChI is InChI=1S/C13H20N2O5S/c1-14(10-12-6-4-3-5-7-12)21(18,19)15(8-9-20-2)11-13(16)17/h3-7H,8-11H2,1-2H3,(H,16,17). The van der Waals surface area contributed by atoms with Crippen LogP contribution in [-0.4, -0.2) is 62.0 Å². The highest BCUT2D eigenvalue weighted by Gasteiger charge is 2.28. The lowest BCUT2D eigenvalue weighted by Crippen LogP contribution is -2.45. The summed E-state index contributed by atoms with van der Waals surface area (Å²) in [6, 6.07) is 9.09. The van der Waals surface area contributed by atoms with Crippen LogP contribution in [0.2, 0.25) is 0 Å². The van der Waals surface area contributed by atoms with Crippen molar-refractivity contribution in [3.05, 3.63) is 35.9 Å². The van der Waals surface area contributed by atoms with Crippen molar-refractivity contribution in [2.75, 3.05) is 33.9 Å². The monoisotopic (exact) mass is 316 g/mol. The Balaban J connectivity index is 2.85. The van der Waals surface area contributed by atoms with Crippen molar-refractivity contribution in [1.29, 1.82) is 0 Å². The molecule has 0 aliphatic rings. The predicted molar refractivity (Wildman–Crippen MR) is 77.9 cm³/mol. The molecule has 7 nitrogen and oxygen atoms in total. The van der Waals surface area contributed by atoms with Gasteiger partial charge in [-0.15, -0.1) is 0 Å². The number of hydrogen-bond donors (Lipinski definition) is 1. The summed E-state index contributed by atoms with van der Waals surface area (Å²) in [5.41, 5.74) is 0.825. The summed E-state index contributed by atoms with van der Waals surface area (Å²) in [5, 5.41) is 8.85. The third kappa shape index (κ3) is 5.43. The maximum Gasteiger partial charge on any atom is 0.318 e. The van der Waals surface area contributed by atoms with Gasteiger partial charge in [0, 0.05) is 27.2 Å². The van der Waals surface area contributed by atoms with Crippen molar-refractivity contribution >= 4 is 16.2 Å². The molecule has 0 atom stereocenters. The Bertz CT molecular complexity index is 547. The molecule has 1 aromatic carbocycles. The number of carbonyl (C=O) groups is 1. The first-order valence-electron chi connectivity index (χ1n) is 6.34. The number of benzene rings is 1. The molecule has 0 amide bonds. The van der Waals surface area contributed by atoms with Crippen LogP contribution in [0.5, 0.6) is 0 Å². The number of carboxylic acid groups (broad SMARTS) is 1. The number of hydrogen-bond acceptors (Lipinski definition) is 4. The summed E-state index contributed by atoms with van der Waals surface area (Å²) in [6.45, 7) is -0.299. The fourth-order valence-electron chi connectivity index (χ4n) is 1.74. The average molecular weight is 316 g/mol. The highest BCUT2D eigenvalue weighted by molar-refractivity contribution is 7.86. The largest absolute Gasteiger partial charge is 0.480 e. The van der Waals surface area contributed by atoms with Gasteiger partial charge < -0.3 is 9.84 Å². The van der Waals surface area contributed by atoms with Crippen molar-refractivity contribution < 1.29 is 23.1 Å². The molecule has 0 aliphatic heterocycles. The van der Waals surface area contributed by atoms with Gasteiger partial charge in [-0.05, 0) is 5.56 Å². The van der Waals surface area contributed by atoms with Crippen LogP contribution >= 0.6 is 0 Å². The maximum absolute atomic E-state index is 12.4. The van der Waals surface area contributed by atoms with Gasteiger partial charge in [0.25, 0.3) is 10.2 Å². The van der Waals surface area contributed by atoms with E-state index in [0.29, 0.717) is 0 Å². The molecule has 8 heteroatoms. The van der Waals surface area contributed by atoms with Crippen LogP contribution in [0.3, 0.4) is 0 Å². The van der Waals surface area contributed by atoms with Crippen LogP contribution < -0.4 is 0 Å². The van der Waals surface area contributed by atoms with E-state index in [2.05, 4.69) is 0 Å². The SMILES string of the molecule is COCCN(CC(=O)O)S(=O)(=O)N(C)Cc1ccccc1. The van der Waals surface area contributed by atoms with Gasteiger partial charge in [0.1, 0.15) is 6.54 Å². The van der Waals surface area contributed by atoms with E-state index in [1.54, 1.807) is 0 Å². The van der Waals surface area contributed by atoms with E-state index in [1.165, 1.54) is 14.2 Å². The van der Waals surface area contributed by atoms with E-state index in [-0.39, 0.29) is 19.7 Å². The minimum atomic E-state index is -3.86. The van der Waals surface area contributed by atoms with Crippen LogP contribution in [0.4, 0.5) is 0 Å². The van der Waals surface area contributed by atoms with Crippen LogP contribution in [0, 0.1) is 0 Å². The molecule has 1 aromatic rings. The number of ether oxygens (including phenoxy) is 1. The van der Waals surface area contributed by atoms with E-state index in [4.69, 9.17) is 9.84 Å². The molecule has 0 radical (unpaired) electrons. The first-order valence-corrected chi connectivity index (χ1v) is 7.73. The molecule has 21 heavy (non-hydrogen) atoms. The maximum atomic E-state index is 12.4. The van der Waals surface area contributed by atoms with Crippen LogP contribution in [0.15, 0.2) is 30.3 Å². The minimum Gasteiger partial charge on any atom is -0.480 e. The second kappa shape index (κ2) is 8.08. The molecule has 0 unspecified atom stereocenters. The highest BCUT2D eigenvalue weighted by Crippen LogP contribution is 2.11. The number of carboxylic acids is 1. The van der Waals surface area contributed by atoms with E-state index < -0.39 is 22.7 Å². The molecular weight excluding hydrogens is 296 g/mol. The van der Waals surface area contributed by atoms with Gasteiger partial charge >= 0.3 is 5.97 Å². The van der Waals surface area contributed by atoms with Crippen LogP contribution in [-0.2, 0) is 26.3 Å². The van der Waals surface area contributed by atoms with Gasteiger partial charge in [0.15, 0.2) is 0 Å². The second-order valence-electron chi connectivity index (χ2n) is 4.47. The van der Waals surface area contributed by atoms with E-state index in [1.807, 2.05) is 30.3 Å². The smallest absolute Gasteiger partial charge is 0.318 e. The van der Waals surface area contributed by atoms with Crippen LogP contribution in [0.25, 0.3) is 0 Å². The first-order chi connectivity index (χ1) is 9.87. The quantitative estimate of drug-likeness (QED) is 0.712. The summed E-state index contributed by atoms with van der Waals surface area (Å²) >= 11 is 0. The lowest BCUT2D eigenvalue weighted by atomic mass is 10.2. The molecule has 0 saturated heterocycles. The number of nitrogens with zero attached hydrogens (tertiary/aromatic N) is 2. The minimum absolute atomic E-state index is 0.00966. The van der Waals surface area contributed by atoms with E-state index in [0.717, 1.165) is 14.2 Å². The van der Waals surface area contributed by atoms with Crippen molar-refractivity contribution in [2.24, 2.45) is 0 Å². The fourth-order valence-corrected chi connectivity index (χ4v) is 3.02. The van der Waals surface area contributed by atoms with Gasteiger partial charge in [0.2, 0.25) is 0 Å². The Hall–Kier alpha value is -1.48. The molecule has 0 fully saturated rings. The normalized spacial score (nSPS) is 12.0. The van der Waals surface area contributed by atoms with Crippen LogP contribution in [0.1, 0.15) is 5.56 Å². The van der Waals surface area contributed by atoms with Crippen molar-refractivity contribution in [2.45, 2.75) is 6.54 Å². The van der Waals surface area contributed by atoms with Gasteiger partial charge in [-0.2, -0.15) is 17.0 Å². The zero-order valence-corrected chi connectivity index (χ0v) is 12.9. The molecule has 0 aliphatic carbocycles. The molecule has 0 heterocycles. The first kappa shape index (κ1) is 17.6. The third-order valence-corrected chi connectivity index (χ3v) is 4.71. The zero-order chi connectivity index (χ0) is 15.9. The van der Waals surface area contributed by atoms with Gasteiger partial charge in [0.05, 0.1) is 6.61 Å². The number of aliphatic carboxylic acids is 1. The Morgan fingerprint density at radius 3 is 2.43 bits per heavy atom. The van der Waals surface area contributed by atoms with Crippen molar-refractivity contribution in [1.82, 2.24) is 8.61 Å². The Kier molecular flexibility index (Phi) is 6.76. The Morgan fingerprint density at radius 2 is 1.90 bits per heavy atom. The third-order valence-electron chi connectivity index (χ3n) is 2.82. The topological polar surface area (TPSA) is 87.1 Å². The molecular formula is C13H20N2O5S. The molecule has 0 spiro atoms. The van der Waals surface area contributed by atoms with Gasteiger partial charge in [-0.3, -0.25) is 4.79 Å². The molecule has 0 bridgehead atoms. The summed E-state index contributed by atoms with van der Waals surface area (Å²) in [6.07, 6.45) is 0. The predicted octanol–water partition coefficient (Wildman–Crippen LogP) is 0.396. The Labute approximate surface area is 124 Å². The summed E-state index contributed by atoms with van der Waals surface area (Å²) in [5.74, 6) is -1.21. The molecule has 118 valence electrons. The summed E-state index contributed by atoms with van der Waals surface area (Å²) in [7, 11) is -1.01. The van der Waals surface area contributed by atoms with Gasteiger partial charge in [-0.1, -0.05) is 30.3 Å². The zero-order valence-electron chi connectivity index (χ0n) is 12.1. The average Bonchev–Trinajstić information content (AvgIpc) is 2.44. The van der Waals surface area contributed by atoms with Crippen molar-refractivity contribution in [3.63, 3.8) is 0 Å². The molecule has 1 N–H and O–H groups in total. The Morgan fingerprint density at radius 1 is 1.29 bits per heavy atom. The number of methoxy groups -OCH3 is 1. The lowest BCUT2D eigenvalue weighted by Gasteiger charge is -2.26. The molecule has 0 aromatic heterocycles. The van der Waals surface area contributed by atoms with Gasteiger partial charge in [-0.25, -0.2) is 0 Å². The molecule has 1 rings (SSSR count). The number of rotatable bonds is 9. The van der Waals surface area contributed by atoms with E-state index in [9.17, 15) is 13.2 Å². The summed E-state index contributed by atoms with van der Waals surface area (Å²) < 4.78 is 31.7. The summed E-state index contributed by atoms with van der Waals surface area (Å²) in [4.78, 5) is 10.8. The molecule has 0 saturated carbocycles. The second-order valence-corrected chi connectivity index (χ2v) is 6.50. The fraction of sp³-hybridized carbons (Fsp3) is 0.462. The highest BCUT2D eigenvalue weighted by atomic mass is 32.2. The lowest BCUT2D eigenvalue weighted by molar-refractivity contribution is -0.137. The van der Waals surface area contributed by atoms with E-state index >= 15 is 0 Å².